The Bertz CT molecular complexity index is 781. The van der Waals surface area contributed by atoms with Crippen LogP contribution < -0.4 is 5.32 Å². The zero-order valence-electron chi connectivity index (χ0n) is 12.5. The van der Waals surface area contributed by atoms with Gasteiger partial charge in [0.05, 0.1) is 0 Å². The van der Waals surface area contributed by atoms with Crippen molar-refractivity contribution in [3.05, 3.63) is 63.3 Å². The molecule has 2 aromatic carbocycles. The van der Waals surface area contributed by atoms with Gasteiger partial charge in [-0.15, -0.1) is 0 Å². The van der Waals surface area contributed by atoms with Crippen molar-refractivity contribution in [2.24, 2.45) is 0 Å². The van der Waals surface area contributed by atoms with E-state index in [-0.39, 0.29) is 0 Å². The third-order valence-electron chi connectivity index (χ3n) is 3.81. The Kier molecular flexibility index (Phi) is 3.77. The molecule has 0 saturated carbocycles. The van der Waals surface area contributed by atoms with Crippen LogP contribution in [0.4, 0.5) is 5.69 Å². The van der Waals surface area contributed by atoms with Crippen LogP contribution in [0.15, 0.2) is 45.3 Å². The number of benzene rings is 2. The molecule has 3 heteroatoms. The maximum Gasteiger partial charge on any atom is 0.134 e. The fourth-order valence-corrected chi connectivity index (χ4v) is 2.91. The van der Waals surface area contributed by atoms with E-state index in [1.54, 1.807) is 0 Å². The van der Waals surface area contributed by atoms with Gasteiger partial charge >= 0.3 is 0 Å². The number of rotatable bonds is 3. The SMILES string of the molecule is Cc1cc(NCc2c(C)oc3ccccc23)cc(C)c1Br. The quantitative estimate of drug-likeness (QED) is 0.656. The van der Waals surface area contributed by atoms with Crippen LogP contribution in [-0.4, -0.2) is 0 Å². The first kappa shape index (κ1) is 14.2. The van der Waals surface area contributed by atoms with E-state index in [1.807, 2.05) is 19.1 Å². The molecule has 0 spiro atoms. The number of hydrogen-bond acceptors (Lipinski definition) is 2. The summed E-state index contributed by atoms with van der Waals surface area (Å²) in [6, 6.07) is 12.5. The van der Waals surface area contributed by atoms with Crippen molar-refractivity contribution in [2.75, 3.05) is 5.32 Å². The summed E-state index contributed by atoms with van der Waals surface area (Å²) in [4.78, 5) is 0. The van der Waals surface area contributed by atoms with E-state index in [0.29, 0.717) is 0 Å². The Hall–Kier alpha value is -1.74. The number of halogens is 1. The molecule has 0 fully saturated rings. The highest BCUT2D eigenvalue weighted by atomic mass is 79.9. The van der Waals surface area contributed by atoms with E-state index in [2.05, 4.69) is 59.4 Å². The van der Waals surface area contributed by atoms with Gasteiger partial charge < -0.3 is 9.73 Å². The van der Waals surface area contributed by atoms with Gasteiger partial charge in [-0.1, -0.05) is 34.1 Å². The average Bonchev–Trinajstić information content (AvgIpc) is 2.78. The van der Waals surface area contributed by atoms with Crippen LogP contribution in [0.3, 0.4) is 0 Å². The lowest BCUT2D eigenvalue weighted by atomic mass is 10.1. The monoisotopic (exact) mass is 343 g/mol. The van der Waals surface area contributed by atoms with E-state index < -0.39 is 0 Å². The second kappa shape index (κ2) is 5.57. The van der Waals surface area contributed by atoms with Crippen molar-refractivity contribution in [1.29, 1.82) is 0 Å². The van der Waals surface area contributed by atoms with Crippen LogP contribution in [-0.2, 0) is 6.54 Å². The summed E-state index contributed by atoms with van der Waals surface area (Å²) in [5, 5.41) is 4.70. The molecular formula is C18H18BrNO. The normalized spacial score (nSPS) is 11.0. The third-order valence-corrected chi connectivity index (χ3v) is 5.06. The molecule has 0 saturated heterocycles. The van der Waals surface area contributed by atoms with Gasteiger partial charge in [-0.2, -0.15) is 0 Å². The van der Waals surface area contributed by atoms with Gasteiger partial charge in [0.25, 0.3) is 0 Å². The Morgan fingerprint density at radius 2 is 1.71 bits per heavy atom. The van der Waals surface area contributed by atoms with Gasteiger partial charge in [0, 0.05) is 27.7 Å². The molecule has 0 aliphatic heterocycles. The maximum absolute atomic E-state index is 5.81. The molecule has 0 radical (unpaired) electrons. The minimum atomic E-state index is 0.767. The van der Waals surface area contributed by atoms with Gasteiger partial charge in [-0.25, -0.2) is 0 Å². The number of hydrogen-bond donors (Lipinski definition) is 1. The molecule has 3 rings (SSSR count). The molecule has 0 unspecified atom stereocenters. The number of fused-ring (bicyclic) bond motifs is 1. The minimum absolute atomic E-state index is 0.767. The Labute approximate surface area is 133 Å². The Morgan fingerprint density at radius 3 is 2.43 bits per heavy atom. The lowest BCUT2D eigenvalue weighted by molar-refractivity contribution is 0.573. The molecule has 108 valence electrons. The van der Waals surface area contributed by atoms with E-state index in [4.69, 9.17) is 4.42 Å². The number of nitrogens with one attached hydrogen (secondary N) is 1. The fraction of sp³-hybridized carbons (Fsp3) is 0.222. The maximum atomic E-state index is 5.81. The first-order valence-corrected chi connectivity index (χ1v) is 7.83. The second-order valence-corrected chi connectivity index (χ2v) is 6.20. The van der Waals surface area contributed by atoms with E-state index in [1.165, 1.54) is 26.5 Å². The van der Waals surface area contributed by atoms with Crippen molar-refractivity contribution in [1.82, 2.24) is 0 Å². The highest BCUT2D eigenvalue weighted by molar-refractivity contribution is 9.10. The average molecular weight is 344 g/mol. The summed E-state index contributed by atoms with van der Waals surface area (Å²) in [6.07, 6.45) is 0. The highest BCUT2D eigenvalue weighted by Crippen LogP contribution is 2.28. The molecule has 0 atom stereocenters. The lowest BCUT2D eigenvalue weighted by Gasteiger charge is -2.10. The van der Waals surface area contributed by atoms with Crippen LogP contribution >= 0.6 is 15.9 Å². The summed E-state index contributed by atoms with van der Waals surface area (Å²) in [5.41, 5.74) is 5.80. The topological polar surface area (TPSA) is 25.2 Å². The highest BCUT2D eigenvalue weighted by Gasteiger charge is 2.10. The van der Waals surface area contributed by atoms with Gasteiger partial charge in [-0.3, -0.25) is 0 Å². The van der Waals surface area contributed by atoms with Crippen LogP contribution in [0.25, 0.3) is 11.0 Å². The number of para-hydroxylation sites is 1. The van der Waals surface area contributed by atoms with Crippen LogP contribution in [0.1, 0.15) is 22.5 Å². The lowest BCUT2D eigenvalue weighted by Crippen LogP contribution is -2.01. The molecule has 0 bridgehead atoms. The number of furan rings is 1. The standard InChI is InChI=1S/C18H18BrNO/c1-11-8-14(9-12(2)18(11)19)20-10-16-13(3)21-17-7-5-4-6-15(16)17/h4-9,20H,10H2,1-3H3. The Morgan fingerprint density at radius 1 is 1.05 bits per heavy atom. The van der Waals surface area contributed by atoms with Gasteiger partial charge in [0.2, 0.25) is 0 Å². The molecule has 0 aliphatic rings. The number of anilines is 1. The van der Waals surface area contributed by atoms with Crippen molar-refractivity contribution in [3.63, 3.8) is 0 Å². The molecule has 21 heavy (non-hydrogen) atoms. The number of aryl methyl sites for hydroxylation is 3. The predicted octanol–water partition coefficient (Wildman–Crippen LogP) is 5.73. The molecule has 2 nitrogen and oxygen atoms in total. The van der Waals surface area contributed by atoms with Crippen molar-refractivity contribution in [2.45, 2.75) is 27.3 Å². The zero-order chi connectivity index (χ0) is 15.0. The fourth-order valence-electron chi connectivity index (χ4n) is 2.68. The molecule has 0 amide bonds. The predicted molar refractivity (Wildman–Crippen MR) is 91.9 cm³/mol. The van der Waals surface area contributed by atoms with Crippen molar-refractivity contribution in [3.8, 4) is 0 Å². The van der Waals surface area contributed by atoms with Crippen molar-refractivity contribution < 1.29 is 4.42 Å². The third kappa shape index (κ3) is 2.70. The van der Waals surface area contributed by atoms with Crippen LogP contribution in [0.2, 0.25) is 0 Å². The molecule has 1 N–H and O–H groups in total. The Balaban J connectivity index is 1.88. The first-order valence-electron chi connectivity index (χ1n) is 7.04. The summed E-state index contributed by atoms with van der Waals surface area (Å²) < 4.78 is 6.99. The first-order chi connectivity index (χ1) is 10.1. The van der Waals surface area contributed by atoms with E-state index in [9.17, 15) is 0 Å². The summed E-state index contributed by atoms with van der Waals surface area (Å²) in [7, 11) is 0. The largest absolute Gasteiger partial charge is 0.461 e. The molecule has 0 aliphatic carbocycles. The molecule has 3 aromatic rings. The summed E-state index contributed by atoms with van der Waals surface area (Å²) >= 11 is 3.60. The second-order valence-electron chi connectivity index (χ2n) is 5.41. The van der Waals surface area contributed by atoms with Gasteiger partial charge in [-0.05, 0) is 50.1 Å². The molecular weight excluding hydrogens is 326 g/mol. The zero-order valence-corrected chi connectivity index (χ0v) is 14.0. The van der Waals surface area contributed by atoms with E-state index in [0.717, 1.165) is 23.6 Å². The molecule has 1 heterocycles. The van der Waals surface area contributed by atoms with Gasteiger partial charge in [0.1, 0.15) is 11.3 Å². The van der Waals surface area contributed by atoms with Crippen LogP contribution in [0.5, 0.6) is 0 Å². The van der Waals surface area contributed by atoms with Crippen molar-refractivity contribution >= 4 is 32.6 Å². The summed E-state index contributed by atoms with van der Waals surface area (Å²) in [5.74, 6) is 0.981. The summed E-state index contributed by atoms with van der Waals surface area (Å²) in [6.45, 7) is 7.01. The minimum Gasteiger partial charge on any atom is -0.461 e. The van der Waals surface area contributed by atoms with Crippen LogP contribution in [0, 0.1) is 20.8 Å². The van der Waals surface area contributed by atoms with Gasteiger partial charge in [0.15, 0.2) is 0 Å². The smallest absolute Gasteiger partial charge is 0.134 e. The molecule has 1 aromatic heterocycles. The van der Waals surface area contributed by atoms with E-state index >= 15 is 0 Å².